The first-order valence-electron chi connectivity index (χ1n) is 12.8. The van der Waals surface area contributed by atoms with Crippen LogP contribution in [0, 0.1) is 17.5 Å². The molecule has 1 unspecified atom stereocenters. The van der Waals surface area contributed by atoms with Gasteiger partial charge in [0.15, 0.2) is 11.6 Å². The smallest absolute Gasteiger partial charge is 0.220 e. The van der Waals surface area contributed by atoms with Crippen molar-refractivity contribution in [3.8, 4) is 17.0 Å². The summed E-state index contributed by atoms with van der Waals surface area (Å²) >= 11 is 0. The van der Waals surface area contributed by atoms with Crippen molar-refractivity contribution in [2.75, 3.05) is 31.6 Å². The molecule has 0 saturated carbocycles. The van der Waals surface area contributed by atoms with Crippen molar-refractivity contribution >= 4 is 30.2 Å². The maximum atomic E-state index is 15.8. The lowest BCUT2D eigenvalue weighted by Gasteiger charge is -2.40. The van der Waals surface area contributed by atoms with Gasteiger partial charge in [0.05, 0.1) is 16.8 Å². The van der Waals surface area contributed by atoms with Gasteiger partial charge >= 0.3 is 0 Å². The number of anilines is 2. The third kappa shape index (κ3) is 5.23. The van der Waals surface area contributed by atoms with Crippen molar-refractivity contribution in [2.24, 2.45) is 4.99 Å². The zero-order valence-electron chi connectivity index (χ0n) is 22.6. The van der Waals surface area contributed by atoms with E-state index in [9.17, 15) is 19.1 Å². The quantitative estimate of drug-likeness (QED) is 0.257. The van der Waals surface area contributed by atoms with Crippen LogP contribution in [0.25, 0.3) is 11.3 Å². The number of aliphatic imine (C=N–C) groups is 1. The number of piperazine rings is 1. The predicted octanol–water partition coefficient (Wildman–Crippen LogP) is 4.83. The number of amides is 2. The summed E-state index contributed by atoms with van der Waals surface area (Å²) in [6.07, 6.45) is 1.11. The van der Waals surface area contributed by atoms with Crippen LogP contribution in [0.15, 0.2) is 47.5 Å². The van der Waals surface area contributed by atoms with Crippen LogP contribution in [0.2, 0.25) is 0 Å². The molecule has 1 atom stereocenters. The lowest BCUT2D eigenvalue weighted by atomic mass is 9.99. The number of pyridine rings is 1. The van der Waals surface area contributed by atoms with Crippen molar-refractivity contribution in [3.63, 3.8) is 0 Å². The summed E-state index contributed by atoms with van der Waals surface area (Å²) in [6.45, 7) is 6.62. The Hall–Kier alpha value is -4.41. The molecule has 1 N–H and O–H groups in total. The van der Waals surface area contributed by atoms with E-state index in [1.807, 2.05) is 25.7 Å². The second-order valence-corrected chi connectivity index (χ2v) is 9.82. The molecule has 1 aromatic heterocycles. The van der Waals surface area contributed by atoms with Crippen molar-refractivity contribution < 1.29 is 27.9 Å². The molecule has 0 aliphatic carbocycles. The fourth-order valence-electron chi connectivity index (χ4n) is 5.01. The molecule has 1 fully saturated rings. The molecule has 40 heavy (non-hydrogen) atoms. The van der Waals surface area contributed by atoms with Crippen molar-refractivity contribution in [1.29, 1.82) is 0 Å². The highest BCUT2D eigenvalue weighted by Crippen LogP contribution is 2.39. The summed E-state index contributed by atoms with van der Waals surface area (Å²) in [7, 11) is 1.49. The lowest BCUT2D eigenvalue weighted by Crippen LogP contribution is -2.54. The molecule has 4 rings (SSSR count). The number of hydrogen-bond acceptors (Lipinski definition) is 5. The van der Waals surface area contributed by atoms with Gasteiger partial charge in [0.25, 0.3) is 0 Å². The molecule has 11 heteroatoms. The van der Waals surface area contributed by atoms with E-state index in [0.29, 0.717) is 31.6 Å². The molecule has 2 heterocycles. The third-order valence-corrected chi connectivity index (χ3v) is 6.93. The van der Waals surface area contributed by atoms with Crippen molar-refractivity contribution in [1.82, 2.24) is 14.8 Å². The minimum Gasteiger partial charge on any atom is -0.507 e. The van der Waals surface area contributed by atoms with Gasteiger partial charge in [-0.05, 0) is 42.7 Å². The molecule has 210 valence electrons. The standard InChI is InChI=1S/C29H30F3N5O3/c1-17(2)19-7-5-9-22(31)27(19)37(16-39)29-20(28(33-4)36-12-11-35(15-38)14-18(36)3)13-23(32)26(34-29)25-21(30)8-6-10-24(25)40/h5-10,13,15-18,40H,11-12,14H2,1-4H3/b33-28+. The van der Waals surface area contributed by atoms with E-state index in [1.165, 1.54) is 31.3 Å². The van der Waals surface area contributed by atoms with Gasteiger partial charge in [-0.3, -0.25) is 19.5 Å². The van der Waals surface area contributed by atoms with Gasteiger partial charge < -0.3 is 14.9 Å². The average Bonchev–Trinajstić information content (AvgIpc) is 2.92. The minimum absolute atomic E-state index is 0.0519. The summed E-state index contributed by atoms with van der Waals surface area (Å²) < 4.78 is 46.0. The molecule has 1 aliphatic heterocycles. The van der Waals surface area contributed by atoms with E-state index in [1.54, 1.807) is 11.0 Å². The number of benzene rings is 2. The fraction of sp³-hybridized carbons (Fsp3) is 0.310. The van der Waals surface area contributed by atoms with Gasteiger partial charge in [-0.1, -0.05) is 32.0 Å². The number of carbonyl (C=O) groups excluding carboxylic acids is 2. The summed E-state index contributed by atoms with van der Waals surface area (Å²) in [5, 5.41) is 10.4. The second-order valence-electron chi connectivity index (χ2n) is 9.82. The number of amidine groups is 1. The normalized spacial score (nSPS) is 15.9. The van der Waals surface area contributed by atoms with Crippen LogP contribution >= 0.6 is 0 Å². The summed E-state index contributed by atoms with van der Waals surface area (Å²) in [5.74, 6) is -3.34. The Bertz CT molecular complexity index is 1440. The number of aromatic hydroxyl groups is 1. The SMILES string of the molecule is C/N=C(\c1cc(F)c(-c2c(O)cccc2F)nc1N(C=O)c1c(F)cccc1C(C)C)N1CCN(C=O)CC1C. The topological polar surface area (TPSA) is 89.3 Å². The Balaban J connectivity index is 2.01. The highest BCUT2D eigenvalue weighted by Gasteiger charge is 2.32. The minimum atomic E-state index is -0.983. The number of aromatic nitrogens is 1. The summed E-state index contributed by atoms with van der Waals surface area (Å²) in [5.41, 5.74) is -0.610. The zero-order chi connectivity index (χ0) is 29.1. The van der Waals surface area contributed by atoms with Crippen LogP contribution < -0.4 is 4.90 Å². The van der Waals surface area contributed by atoms with Gasteiger partial charge in [0.2, 0.25) is 12.8 Å². The van der Waals surface area contributed by atoms with Crippen LogP contribution in [0.4, 0.5) is 24.7 Å². The van der Waals surface area contributed by atoms with Crippen LogP contribution in [0.1, 0.15) is 37.8 Å². The number of rotatable bonds is 7. The van der Waals surface area contributed by atoms with E-state index in [4.69, 9.17) is 0 Å². The van der Waals surface area contributed by atoms with Crippen LogP contribution in [-0.4, -0.2) is 71.3 Å². The van der Waals surface area contributed by atoms with Gasteiger partial charge in [0, 0.05) is 32.7 Å². The Morgan fingerprint density at radius 1 is 1.10 bits per heavy atom. The Labute approximate surface area is 230 Å². The summed E-state index contributed by atoms with van der Waals surface area (Å²) in [6, 6.07) is 8.68. The molecule has 0 spiro atoms. The largest absolute Gasteiger partial charge is 0.507 e. The monoisotopic (exact) mass is 553 g/mol. The second kappa shape index (κ2) is 11.8. The molecule has 2 amide bonds. The van der Waals surface area contributed by atoms with Crippen molar-refractivity contribution in [3.05, 3.63) is 71.0 Å². The maximum Gasteiger partial charge on any atom is 0.220 e. The van der Waals surface area contributed by atoms with E-state index >= 15 is 8.78 Å². The number of para-hydroxylation sites is 1. The Kier molecular flexibility index (Phi) is 8.41. The van der Waals surface area contributed by atoms with Gasteiger partial charge in [-0.15, -0.1) is 0 Å². The van der Waals surface area contributed by atoms with E-state index in [2.05, 4.69) is 9.98 Å². The molecule has 1 saturated heterocycles. The average molecular weight is 554 g/mol. The third-order valence-electron chi connectivity index (χ3n) is 6.93. The maximum absolute atomic E-state index is 15.8. The number of phenols is 1. The Morgan fingerprint density at radius 2 is 1.80 bits per heavy atom. The highest BCUT2D eigenvalue weighted by molar-refractivity contribution is 6.06. The lowest BCUT2D eigenvalue weighted by molar-refractivity contribution is -0.120. The molecule has 0 radical (unpaired) electrons. The first-order valence-corrected chi connectivity index (χ1v) is 12.8. The van der Waals surface area contributed by atoms with Gasteiger partial charge in [0.1, 0.15) is 28.9 Å². The van der Waals surface area contributed by atoms with E-state index in [-0.39, 0.29) is 34.9 Å². The van der Waals surface area contributed by atoms with Gasteiger partial charge in [-0.25, -0.2) is 18.2 Å². The number of hydrogen-bond donors (Lipinski definition) is 1. The first kappa shape index (κ1) is 28.6. The van der Waals surface area contributed by atoms with Gasteiger partial charge in [-0.2, -0.15) is 0 Å². The van der Waals surface area contributed by atoms with Crippen molar-refractivity contribution in [2.45, 2.75) is 32.7 Å². The molecule has 1 aliphatic rings. The van der Waals surface area contributed by atoms with E-state index < -0.39 is 34.5 Å². The number of phenolic OH excluding ortho intramolecular Hbond substituents is 1. The molecular weight excluding hydrogens is 523 g/mol. The molecule has 3 aromatic rings. The molecule has 8 nitrogen and oxygen atoms in total. The van der Waals surface area contributed by atoms with Crippen LogP contribution in [0.5, 0.6) is 5.75 Å². The predicted molar refractivity (Wildman–Crippen MR) is 146 cm³/mol. The number of carbonyl (C=O) groups is 2. The highest BCUT2D eigenvalue weighted by atomic mass is 19.1. The number of nitrogens with zero attached hydrogens (tertiary/aromatic N) is 5. The van der Waals surface area contributed by atoms with E-state index in [0.717, 1.165) is 23.4 Å². The Morgan fingerprint density at radius 3 is 2.40 bits per heavy atom. The zero-order valence-corrected chi connectivity index (χ0v) is 22.6. The first-order chi connectivity index (χ1) is 19.1. The molecule has 0 bridgehead atoms. The van der Waals surface area contributed by atoms with Crippen LogP contribution in [0.3, 0.4) is 0 Å². The summed E-state index contributed by atoms with van der Waals surface area (Å²) in [4.78, 5) is 37.2. The molecular formula is C29H30F3N5O3. The number of halogens is 3. The fourth-order valence-corrected chi connectivity index (χ4v) is 5.01. The van der Waals surface area contributed by atoms with Crippen LogP contribution in [-0.2, 0) is 9.59 Å². The molecule has 2 aromatic carbocycles.